The van der Waals surface area contributed by atoms with Crippen molar-refractivity contribution in [2.75, 3.05) is 23.8 Å². The molecule has 0 aliphatic heterocycles. The van der Waals surface area contributed by atoms with Gasteiger partial charge in [0.15, 0.2) is 0 Å². The summed E-state index contributed by atoms with van der Waals surface area (Å²) in [4.78, 5) is 1.94. The first kappa shape index (κ1) is 15.1. The predicted molar refractivity (Wildman–Crippen MR) is 83.7 cm³/mol. The fraction of sp³-hybridized carbons (Fsp3) is 0.625. The second-order valence-corrected chi connectivity index (χ2v) is 6.05. The molecule has 0 spiro atoms. The average molecular weight is 279 g/mol. The van der Waals surface area contributed by atoms with Gasteiger partial charge >= 0.3 is 0 Å². The Morgan fingerprint density at radius 2 is 2.15 bits per heavy atom. The Hall–Kier alpha value is -1.29. The molecule has 2 rings (SSSR count). The van der Waals surface area contributed by atoms with E-state index in [0.29, 0.717) is 24.2 Å². The Kier molecular flexibility index (Phi) is 4.86. The maximum Gasteiger partial charge on any atom is 0.148 e. The van der Waals surface area contributed by atoms with Gasteiger partial charge in [-0.05, 0) is 57.4 Å². The Balaban J connectivity index is 2.09. The van der Waals surface area contributed by atoms with Gasteiger partial charge in [0.1, 0.15) is 5.82 Å². The maximum atomic E-state index is 14.2. The first-order valence-electron chi connectivity index (χ1n) is 7.52. The summed E-state index contributed by atoms with van der Waals surface area (Å²) in [5.74, 6) is 0.338. The lowest BCUT2D eigenvalue weighted by molar-refractivity contribution is 0.516. The van der Waals surface area contributed by atoms with Crippen molar-refractivity contribution in [2.24, 2.45) is 11.7 Å². The number of benzene rings is 1. The molecule has 0 bridgehead atoms. The van der Waals surface area contributed by atoms with Gasteiger partial charge in [-0.15, -0.1) is 0 Å². The highest BCUT2D eigenvalue weighted by molar-refractivity contribution is 5.56. The Bertz CT molecular complexity index is 447. The van der Waals surface area contributed by atoms with Gasteiger partial charge < -0.3 is 16.0 Å². The fourth-order valence-corrected chi connectivity index (χ4v) is 2.88. The third kappa shape index (κ3) is 3.23. The van der Waals surface area contributed by atoms with Crippen LogP contribution in [0.3, 0.4) is 0 Å². The van der Waals surface area contributed by atoms with Crippen LogP contribution in [0.25, 0.3) is 0 Å². The fourth-order valence-electron chi connectivity index (χ4n) is 2.88. The smallest absolute Gasteiger partial charge is 0.148 e. The number of nitrogens with one attached hydrogen (secondary N) is 1. The van der Waals surface area contributed by atoms with Gasteiger partial charge in [0, 0.05) is 24.8 Å². The Labute approximate surface area is 121 Å². The monoisotopic (exact) mass is 279 g/mol. The van der Waals surface area contributed by atoms with Crippen LogP contribution < -0.4 is 16.0 Å². The Morgan fingerprint density at radius 3 is 2.75 bits per heavy atom. The SMILES string of the molecule is CC(C)N(C)c1ccc(NC2CCCC2CN)cc1F. The normalized spacial score (nSPS) is 22.3. The summed E-state index contributed by atoms with van der Waals surface area (Å²) >= 11 is 0. The third-order valence-electron chi connectivity index (χ3n) is 4.42. The van der Waals surface area contributed by atoms with Gasteiger partial charge in [0.25, 0.3) is 0 Å². The van der Waals surface area contributed by atoms with Crippen molar-refractivity contribution >= 4 is 11.4 Å². The zero-order chi connectivity index (χ0) is 14.7. The van der Waals surface area contributed by atoms with Crippen LogP contribution >= 0.6 is 0 Å². The average Bonchev–Trinajstić information content (AvgIpc) is 2.85. The van der Waals surface area contributed by atoms with Crippen LogP contribution in [0.15, 0.2) is 18.2 Å². The zero-order valence-electron chi connectivity index (χ0n) is 12.7. The molecule has 0 amide bonds. The van der Waals surface area contributed by atoms with Crippen molar-refractivity contribution in [3.63, 3.8) is 0 Å². The van der Waals surface area contributed by atoms with Gasteiger partial charge in [-0.1, -0.05) is 6.42 Å². The van der Waals surface area contributed by atoms with E-state index in [0.717, 1.165) is 12.1 Å². The Morgan fingerprint density at radius 1 is 1.40 bits per heavy atom. The van der Waals surface area contributed by atoms with Gasteiger partial charge in [-0.25, -0.2) is 4.39 Å². The minimum Gasteiger partial charge on any atom is -0.382 e. The van der Waals surface area contributed by atoms with Crippen LogP contribution in [0.2, 0.25) is 0 Å². The molecule has 3 nitrogen and oxygen atoms in total. The van der Waals surface area contributed by atoms with E-state index in [-0.39, 0.29) is 11.9 Å². The van der Waals surface area contributed by atoms with Crippen LogP contribution in [0.4, 0.5) is 15.8 Å². The summed E-state index contributed by atoms with van der Waals surface area (Å²) in [6.07, 6.45) is 3.50. The van der Waals surface area contributed by atoms with Crippen LogP contribution in [-0.2, 0) is 0 Å². The molecule has 4 heteroatoms. The largest absolute Gasteiger partial charge is 0.382 e. The van der Waals surface area contributed by atoms with Crippen molar-refractivity contribution in [2.45, 2.75) is 45.2 Å². The summed E-state index contributed by atoms with van der Waals surface area (Å²) in [6, 6.07) is 6.07. The molecule has 112 valence electrons. The summed E-state index contributed by atoms with van der Waals surface area (Å²) in [7, 11) is 1.91. The maximum absolute atomic E-state index is 14.2. The van der Waals surface area contributed by atoms with Crippen molar-refractivity contribution in [3.05, 3.63) is 24.0 Å². The number of hydrogen-bond donors (Lipinski definition) is 2. The molecule has 2 atom stereocenters. The van der Waals surface area contributed by atoms with Gasteiger partial charge in [-0.2, -0.15) is 0 Å². The van der Waals surface area contributed by atoms with E-state index >= 15 is 0 Å². The van der Waals surface area contributed by atoms with Crippen molar-refractivity contribution in [1.82, 2.24) is 0 Å². The second kappa shape index (κ2) is 6.44. The number of rotatable bonds is 5. The molecule has 20 heavy (non-hydrogen) atoms. The summed E-state index contributed by atoms with van der Waals surface area (Å²) in [5, 5.41) is 3.44. The number of halogens is 1. The van der Waals surface area contributed by atoms with E-state index in [1.165, 1.54) is 12.8 Å². The second-order valence-electron chi connectivity index (χ2n) is 6.05. The number of nitrogens with zero attached hydrogens (tertiary/aromatic N) is 1. The molecule has 0 aromatic heterocycles. The summed E-state index contributed by atoms with van der Waals surface area (Å²) in [6.45, 7) is 4.81. The van der Waals surface area contributed by atoms with Crippen LogP contribution in [0.5, 0.6) is 0 Å². The molecule has 0 saturated heterocycles. The van der Waals surface area contributed by atoms with Crippen molar-refractivity contribution in [1.29, 1.82) is 0 Å². The van der Waals surface area contributed by atoms with E-state index in [4.69, 9.17) is 5.73 Å². The van der Waals surface area contributed by atoms with Gasteiger partial charge in [0.2, 0.25) is 0 Å². The van der Waals surface area contributed by atoms with Crippen LogP contribution in [-0.4, -0.2) is 25.7 Å². The molecular weight excluding hydrogens is 253 g/mol. The molecule has 1 fully saturated rings. The molecule has 1 saturated carbocycles. The number of anilines is 2. The quantitative estimate of drug-likeness (QED) is 0.869. The molecule has 3 N–H and O–H groups in total. The molecule has 1 aromatic rings. The van der Waals surface area contributed by atoms with Crippen LogP contribution in [0, 0.1) is 11.7 Å². The number of nitrogens with two attached hydrogens (primary N) is 1. The van der Waals surface area contributed by atoms with Crippen LogP contribution in [0.1, 0.15) is 33.1 Å². The highest BCUT2D eigenvalue weighted by Gasteiger charge is 2.26. The molecule has 1 aliphatic rings. The van der Waals surface area contributed by atoms with E-state index in [2.05, 4.69) is 19.2 Å². The number of hydrogen-bond acceptors (Lipinski definition) is 3. The molecule has 2 unspecified atom stereocenters. The van der Waals surface area contributed by atoms with Crippen molar-refractivity contribution in [3.8, 4) is 0 Å². The summed E-state index contributed by atoms with van der Waals surface area (Å²) < 4.78 is 14.2. The molecule has 0 radical (unpaired) electrons. The highest BCUT2D eigenvalue weighted by Crippen LogP contribution is 2.29. The lowest BCUT2D eigenvalue weighted by atomic mass is 10.0. The minimum atomic E-state index is -0.173. The molecule has 1 aliphatic carbocycles. The molecule has 1 aromatic carbocycles. The highest BCUT2D eigenvalue weighted by atomic mass is 19.1. The molecule has 0 heterocycles. The zero-order valence-corrected chi connectivity index (χ0v) is 12.7. The van der Waals surface area contributed by atoms with E-state index < -0.39 is 0 Å². The summed E-state index contributed by atoms with van der Waals surface area (Å²) in [5.41, 5.74) is 7.29. The lowest BCUT2D eigenvalue weighted by Crippen LogP contribution is -2.29. The van der Waals surface area contributed by atoms with Gasteiger partial charge in [-0.3, -0.25) is 0 Å². The predicted octanol–water partition coefficient (Wildman–Crippen LogP) is 3.21. The van der Waals surface area contributed by atoms with Crippen molar-refractivity contribution < 1.29 is 4.39 Å². The standard InChI is InChI=1S/C16H26FN3/c1-11(2)20(3)16-8-7-13(9-14(16)17)19-15-6-4-5-12(15)10-18/h7-9,11-12,15,19H,4-6,10,18H2,1-3H3. The third-order valence-corrected chi connectivity index (χ3v) is 4.42. The molecular formula is C16H26FN3. The first-order valence-corrected chi connectivity index (χ1v) is 7.52. The minimum absolute atomic E-state index is 0.173. The lowest BCUT2D eigenvalue weighted by Gasteiger charge is -2.25. The first-order chi connectivity index (χ1) is 9.52. The topological polar surface area (TPSA) is 41.3 Å². The van der Waals surface area contributed by atoms with Gasteiger partial charge in [0.05, 0.1) is 5.69 Å². The van der Waals surface area contributed by atoms with E-state index in [1.807, 2.05) is 24.1 Å². The van der Waals surface area contributed by atoms with E-state index in [9.17, 15) is 4.39 Å². The van der Waals surface area contributed by atoms with E-state index in [1.54, 1.807) is 6.07 Å².